The Kier molecular flexibility index (Phi) is 7.27. The van der Waals surface area contributed by atoms with Crippen LogP contribution in [0.1, 0.15) is 35.5 Å². The van der Waals surface area contributed by atoms with Gasteiger partial charge in [0.2, 0.25) is 0 Å². The third-order valence-electron chi connectivity index (χ3n) is 4.09. The minimum Gasteiger partial charge on any atom is -0.444 e. The zero-order valence-electron chi connectivity index (χ0n) is 13.3. The first kappa shape index (κ1) is 19.0. The van der Waals surface area contributed by atoms with Crippen molar-refractivity contribution in [3.8, 4) is 0 Å². The van der Waals surface area contributed by atoms with Crippen LogP contribution in [0.15, 0.2) is 45.6 Å². The third-order valence-corrected chi connectivity index (χ3v) is 4.52. The van der Waals surface area contributed by atoms with Crippen molar-refractivity contribution >= 4 is 34.2 Å². The minimum absolute atomic E-state index is 0. The molecule has 0 aliphatic carbocycles. The second-order valence-corrected chi connectivity index (χ2v) is 6.47. The Balaban J connectivity index is 0.00000208. The zero-order chi connectivity index (χ0) is 16.1. The summed E-state index contributed by atoms with van der Waals surface area (Å²) in [4.78, 5) is 19.2. The van der Waals surface area contributed by atoms with Crippen molar-refractivity contribution in [2.45, 2.75) is 31.8 Å². The number of pyridine rings is 1. The number of carbonyl (C=O) groups excluding carboxylic acids is 1. The Hall–Kier alpha value is -1.37. The number of carbonyl (C=O) groups is 1. The van der Waals surface area contributed by atoms with Crippen LogP contribution in [0.3, 0.4) is 0 Å². The van der Waals surface area contributed by atoms with Gasteiger partial charge in [-0.05, 0) is 72.5 Å². The number of hydrogen-bond donors (Lipinski definition) is 1. The van der Waals surface area contributed by atoms with Crippen LogP contribution in [0, 0.1) is 0 Å². The van der Waals surface area contributed by atoms with Gasteiger partial charge in [-0.3, -0.25) is 9.78 Å². The predicted molar refractivity (Wildman–Crippen MR) is 98.3 cm³/mol. The summed E-state index contributed by atoms with van der Waals surface area (Å²) in [5, 5.41) is 3.39. The number of rotatable bonds is 4. The summed E-state index contributed by atoms with van der Waals surface area (Å²) >= 11 is 3.27. The molecule has 0 bridgehead atoms. The van der Waals surface area contributed by atoms with Crippen molar-refractivity contribution in [3.05, 3.63) is 52.7 Å². The van der Waals surface area contributed by atoms with Crippen LogP contribution in [0.5, 0.6) is 0 Å². The second kappa shape index (κ2) is 9.20. The number of furan rings is 1. The van der Waals surface area contributed by atoms with Gasteiger partial charge < -0.3 is 14.6 Å². The van der Waals surface area contributed by atoms with Gasteiger partial charge in [-0.2, -0.15) is 0 Å². The summed E-state index contributed by atoms with van der Waals surface area (Å²) in [6.07, 6.45) is 4.77. The fourth-order valence-electron chi connectivity index (χ4n) is 2.92. The van der Waals surface area contributed by atoms with E-state index >= 15 is 0 Å². The average molecular weight is 415 g/mol. The van der Waals surface area contributed by atoms with Gasteiger partial charge in [-0.15, -0.1) is 12.4 Å². The molecule has 0 saturated carbocycles. The highest BCUT2D eigenvalue weighted by atomic mass is 79.9. The quantitative estimate of drug-likeness (QED) is 0.830. The first-order valence-electron chi connectivity index (χ1n) is 7.91. The molecule has 1 fully saturated rings. The van der Waals surface area contributed by atoms with E-state index in [4.69, 9.17) is 4.42 Å². The van der Waals surface area contributed by atoms with E-state index in [0.29, 0.717) is 17.0 Å². The molecule has 2 aromatic rings. The molecule has 1 aliphatic rings. The fraction of sp³-hybridized carbons (Fsp3) is 0.412. The van der Waals surface area contributed by atoms with Crippen LogP contribution in [-0.4, -0.2) is 34.9 Å². The Morgan fingerprint density at radius 3 is 2.88 bits per heavy atom. The smallest absolute Gasteiger partial charge is 0.290 e. The van der Waals surface area contributed by atoms with Crippen molar-refractivity contribution in [1.29, 1.82) is 0 Å². The molecule has 130 valence electrons. The van der Waals surface area contributed by atoms with Gasteiger partial charge in [-0.25, -0.2) is 0 Å². The van der Waals surface area contributed by atoms with E-state index in [0.717, 1.165) is 38.0 Å². The van der Waals surface area contributed by atoms with Crippen LogP contribution in [0.2, 0.25) is 0 Å². The molecule has 1 amide bonds. The van der Waals surface area contributed by atoms with Crippen molar-refractivity contribution in [1.82, 2.24) is 15.2 Å². The molecular weight excluding hydrogens is 394 g/mol. The number of nitrogens with zero attached hydrogens (tertiary/aromatic N) is 2. The Morgan fingerprint density at radius 1 is 1.29 bits per heavy atom. The van der Waals surface area contributed by atoms with Gasteiger partial charge in [-0.1, -0.05) is 6.07 Å². The summed E-state index contributed by atoms with van der Waals surface area (Å²) in [6, 6.07) is 9.45. The highest BCUT2D eigenvalue weighted by Gasteiger charge is 2.27. The van der Waals surface area contributed by atoms with Crippen LogP contribution < -0.4 is 5.32 Å². The number of nitrogens with one attached hydrogen (secondary N) is 1. The Morgan fingerprint density at radius 2 is 2.17 bits per heavy atom. The Labute approximate surface area is 156 Å². The fourth-order valence-corrected chi connectivity index (χ4v) is 3.22. The lowest BCUT2D eigenvalue weighted by Crippen LogP contribution is -2.40. The molecule has 1 aliphatic heterocycles. The molecule has 24 heavy (non-hydrogen) atoms. The van der Waals surface area contributed by atoms with Crippen molar-refractivity contribution < 1.29 is 9.21 Å². The SMILES string of the molecule is Cl.O=C(c1ccc(Br)o1)N(Cc1ccccn1)C1CCCNCC1. The molecule has 3 heterocycles. The summed E-state index contributed by atoms with van der Waals surface area (Å²) in [5.41, 5.74) is 0.892. The lowest BCUT2D eigenvalue weighted by molar-refractivity contribution is 0.0608. The van der Waals surface area contributed by atoms with Crippen molar-refractivity contribution in [2.75, 3.05) is 13.1 Å². The maximum absolute atomic E-state index is 12.9. The molecule has 1 saturated heterocycles. The van der Waals surface area contributed by atoms with Gasteiger partial charge in [0.15, 0.2) is 10.4 Å². The van der Waals surface area contributed by atoms with Crippen LogP contribution in [0.4, 0.5) is 0 Å². The van der Waals surface area contributed by atoms with Crippen LogP contribution in [0.25, 0.3) is 0 Å². The largest absolute Gasteiger partial charge is 0.444 e. The van der Waals surface area contributed by atoms with Gasteiger partial charge in [0.05, 0.1) is 12.2 Å². The van der Waals surface area contributed by atoms with E-state index in [9.17, 15) is 4.79 Å². The molecule has 1 atom stereocenters. The van der Waals surface area contributed by atoms with Crippen LogP contribution >= 0.6 is 28.3 Å². The number of hydrogen-bond acceptors (Lipinski definition) is 4. The first-order chi connectivity index (χ1) is 11.2. The molecule has 1 unspecified atom stereocenters. The summed E-state index contributed by atoms with van der Waals surface area (Å²) in [5.74, 6) is 0.290. The van der Waals surface area contributed by atoms with E-state index in [1.54, 1.807) is 18.3 Å². The molecule has 7 heteroatoms. The predicted octanol–water partition coefficient (Wildman–Crippen LogP) is 3.64. The van der Waals surface area contributed by atoms with E-state index < -0.39 is 0 Å². The van der Waals surface area contributed by atoms with E-state index in [1.165, 1.54) is 0 Å². The molecule has 1 N–H and O–H groups in total. The molecule has 0 aromatic carbocycles. The molecule has 2 aromatic heterocycles. The first-order valence-corrected chi connectivity index (χ1v) is 8.70. The molecule has 0 radical (unpaired) electrons. The highest BCUT2D eigenvalue weighted by Crippen LogP contribution is 2.22. The summed E-state index contributed by atoms with van der Waals surface area (Å²) < 4.78 is 6.05. The second-order valence-electron chi connectivity index (χ2n) is 5.69. The van der Waals surface area contributed by atoms with Crippen molar-refractivity contribution in [3.63, 3.8) is 0 Å². The maximum atomic E-state index is 12.9. The topological polar surface area (TPSA) is 58.4 Å². The normalized spacial score (nSPS) is 17.6. The van der Waals surface area contributed by atoms with E-state index in [2.05, 4.69) is 26.2 Å². The monoisotopic (exact) mass is 413 g/mol. The lowest BCUT2D eigenvalue weighted by Gasteiger charge is -2.30. The lowest BCUT2D eigenvalue weighted by atomic mass is 10.1. The van der Waals surface area contributed by atoms with Gasteiger partial charge in [0, 0.05) is 12.2 Å². The summed E-state index contributed by atoms with van der Waals surface area (Å²) in [7, 11) is 0. The average Bonchev–Trinajstić information content (AvgIpc) is 2.84. The maximum Gasteiger partial charge on any atom is 0.290 e. The van der Waals surface area contributed by atoms with Gasteiger partial charge in [0.1, 0.15) is 0 Å². The van der Waals surface area contributed by atoms with Gasteiger partial charge in [0.25, 0.3) is 5.91 Å². The number of amides is 1. The van der Waals surface area contributed by atoms with Gasteiger partial charge >= 0.3 is 0 Å². The van der Waals surface area contributed by atoms with E-state index in [-0.39, 0.29) is 24.4 Å². The van der Waals surface area contributed by atoms with E-state index in [1.807, 2.05) is 23.1 Å². The minimum atomic E-state index is -0.0757. The number of halogens is 2. The molecular formula is C17H21BrClN3O2. The standard InChI is InChI=1S/C17H20BrN3O2.ClH/c18-16-7-6-15(23-16)17(22)21(12-13-4-1-2-10-20-13)14-5-3-9-19-11-8-14;/h1-2,4,6-7,10,14,19H,3,5,8-9,11-12H2;1H. The van der Waals surface area contributed by atoms with Crippen LogP contribution in [-0.2, 0) is 6.54 Å². The molecule has 0 spiro atoms. The molecule has 5 nitrogen and oxygen atoms in total. The highest BCUT2D eigenvalue weighted by molar-refractivity contribution is 9.10. The Bertz CT molecular complexity index is 642. The molecule has 3 rings (SSSR count). The van der Waals surface area contributed by atoms with Crippen molar-refractivity contribution in [2.24, 2.45) is 0 Å². The zero-order valence-corrected chi connectivity index (χ0v) is 15.7. The third kappa shape index (κ3) is 4.82. The number of aromatic nitrogens is 1. The summed E-state index contributed by atoms with van der Waals surface area (Å²) in [6.45, 7) is 2.44.